The Morgan fingerprint density at radius 3 is 2.65 bits per heavy atom. The van der Waals surface area contributed by atoms with Crippen molar-refractivity contribution >= 4 is 17.3 Å². The molecule has 1 atom stereocenters. The number of amides is 1. The maximum absolute atomic E-state index is 12.6. The van der Waals surface area contributed by atoms with Crippen LogP contribution in [-0.4, -0.2) is 18.2 Å². The lowest BCUT2D eigenvalue weighted by Gasteiger charge is -2.16. The molecule has 0 saturated carbocycles. The van der Waals surface area contributed by atoms with E-state index in [2.05, 4.69) is 18.9 Å². The maximum atomic E-state index is 12.6. The van der Waals surface area contributed by atoms with Crippen LogP contribution in [0.25, 0.3) is 0 Å². The fourth-order valence-electron chi connectivity index (χ4n) is 2.59. The Hall–Kier alpha value is -1.68. The number of rotatable bonds is 5. The normalized spacial score (nSPS) is 18.9. The van der Waals surface area contributed by atoms with Gasteiger partial charge in [-0.3, -0.25) is 4.79 Å². The van der Waals surface area contributed by atoms with Crippen molar-refractivity contribution in [2.75, 3.05) is 11.6 Å². The van der Waals surface area contributed by atoms with Crippen molar-refractivity contribution < 1.29 is 4.79 Å². The van der Waals surface area contributed by atoms with Crippen LogP contribution in [0.15, 0.2) is 29.4 Å². The second-order valence-electron chi connectivity index (χ2n) is 5.60. The zero-order valence-corrected chi connectivity index (χ0v) is 12.5. The zero-order valence-electron chi connectivity index (χ0n) is 12.5. The molecule has 4 heteroatoms. The molecule has 0 fully saturated rings. The predicted molar refractivity (Wildman–Crippen MR) is 82.7 cm³/mol. The minimum absolute atomic E-state index is 0.0800. The van der Waals surface area contributed by atoms with E-state index in [1.807, 2.05) is 31.2 Å². The maximum Gasteiger partial charge on any atom is 0.256 e. The van der Waals surface area contributed by atoms with Gasteiger partial charge < -0.3 is 5.73 Å². The Morgan fingerprint density at radius 1 is 1.35 bits per heavy atom. The van der Waals surface area contributed by atoms with Crippen LogP contribution in [0, 0.1) is 18.8 Å². The van der Waals surface area contributed by atoms with Gasteiger partial charge in [0, 0.05) is 0 Å². The SMILES string of the molecule is Cc1ccccc1N1N=C(C(C)C)C(CCCN)C1=O. The van der Waals surface area contributed by atoms with Crippen LogP contribution >= 0.6 is 0 Å². The molecule has 0 saturated heterocycles. The fourth-order valence-corrected chi connectivity index (χ4v) is 2.59. The monoisotopic (exact) mass is 273 g/mol. The lowest BCUT2D eigenvalue weighted by atomic mass is 9.90. The summed E-state index contributed by atoms with van der Waals surface area (Å²) in [4.78, 5) is 12.6. The van der Waals surface area contributed by atoms with Gasteiger partial charge in [0.2, 0.25) is 0 Å². The molecular formula is C16H23N3O. The van der Waals surface area contributed by atoms with Crippen LogP contribution in [0.2, 0.25) is 0 Å². The molecule has 0 aliphatic carbocycles. The summed E-state index contributed by atoms with van der Waals surface area (Å²) in [5.74, 6) is 0.241. The largest absolute Gasteiger partial charge is 0.330 e. The minimum atomic E-state index is -0.113. The molecule has 0 bridgehead atoms. The van der Waals surface area contributed by atoms with Gasteiger partial charge in [0.25, 0.3) is 5.91 Å². The topological polar surface area (TPSA) is 58.7 Å². The molecule has 20 heavy (non-hydrogen) atoms. The summed E-state index contributed by atoms with van der Waals surface area (Å²) in [6.07, 6.45) is 1.64. The van der Waals surface area contributed by atoms with Gasteiger partial charge in [-0.2, -0.15) is 10.1 Å². The number of aryl methyl sites for hydroxylation is 1. The first-order chi connectivity index (χ1) is 9.56. The van der Waals surface area contributed by atoms with Crippen LogP contribution in [0.5, 0.6) is 0 Å². The van der Waals surface area contributed by atoms with Crippen LogP contribution < -0.4 is 10.7 Å². The summed E-state index contributed by atoms with van der Waals surface area (Å²) in [5, 5.41) is 6.17. The third-order valence-electron chi connectivity index (χ3n) is 3.71. The van der Waals surface area contributed by atoms with Crippen molar-refractivity contribution in [2.45, 2.75) is 33.6 Å². The van der Waals surface area contributed by atoms with Crippen LogP contribution in [0.1, 0.15) is 32.3 Å². The zero-order chi connectivity index (χ0) is 14.7. The van der Waals surface area contributed by atoms with Crippen molar-refractivity contribution in [1.29, 1.82) is 0 Å². The lowest BCUT2D eigenvalue weighted by molar-refractivity contribution is -0.120. The van der Waals surface area contributed by atoms with E-state index in [-0.39, 0.29) is 17.7 Å². The first-order valence-electron chi connectivity index (χ1n) is 7.24. The highest BCUT2D eigenvalue weighted by Gasteiger charge is 2.37. The van der Waals surface area contributed by atoms with Gasteiger partial charge in [-0.15, -0.1) is 0 Å². The number of anilines is 1. The molecule has 108 valence electrons. The average molecular weight is 273 g/mol. The Kier molecular flexibility index (Phi) is 4.55. The lowest BCUT2D eigenvalue weighted by Crippen LogP contribution is -2.29. The third kappa shape index (κ3) is 2.75. The van der Waals surface area contributed by atoms with Crippen molar-refractivity contribution in [1.82, 2.24) is 0 Å². The van der Waals surface area contributed by atoms with Gasteiger partial charge in [-0.05, 0) is 43.9 Å². The Morgan fingerprint density at radius 2 is 2.05 bits per heavy atom. The highest BCUT2D eigenvalue weighted by atomic mass is 16.2. The number of hydrogen-bond acceptors (Lipinski definition) is 3. The molecule has 2 N–H and O–H groups in total. The van der Waals surface area contributed by atoms with Crippen LogP contribution in [0.3, 0.4) is 0 Å². The number of hydrogen-bond donors (Lipinski definition) is 1. The fraction of sp³-hybridized carbons (Fsp3) is 0.500. The van der Waals surface area contributed by atoms with Gasteiger partial charge in [0.1, 0.15) is 0 Å². The second-order valence-corrected chi connectivity index (χ2v) is 5.60. The molecule has 0 radical (unpaired) electrons. The molecule has 1 aliphatic rings. The number of carbonyl (C=O) groups excluding carboxylic acids is 1. The average Bonchev–Trinajstić information content (AvgIpc) is 2.74. The Labute approximate surface area is 120 Å². The van der Waals surface area contributed by atoms with Crippen LogP contribution in [-0.2, 0) is 4.79 Å². The standard InChI is InChI=1S/C16H23N3O/c1-11(2)15-13(8-6-10-17)16(20)19(18-15)14-9-5-4-7-12(14)3/h4-5,7,9,11,13H,6,8,10,17H2,1-3H3. The summed E-state index contributed by atoms with van der Waals surface area (Å²) in [7, 11) is 0. The van der Waals surface area contributed by atoms with Crippen molar-refractivity contribution in [3.63, 3.8) is 0 Å². The molecule has 1 aromatic rings. The van der Waals surface area contributed by atoms with E-state index in [9.17, 15) is 4.79 Å². The predicted octanol–water partition coefficient (Wildman–Crippen LogP) is 2.71. The van der Waals surface area contributed by atoms with Gasteiger partial charge in [0.15, 0.2) is 0 Å². The Bertz CT molecular complexity index is 522. The van der Waals surface area contributed by atoms with E-state index < -0.39 is 0 Å². The van der Waals surface area contributed by atoms with E-state index in [4.69, 9.17) is 5.73 Å². The first kappa shape index (κ1) is 14.7. The molecule has 4 nitrogen and oxygen atoms in total. The second kappa shape index (κ2) is 6.18. The van der Waals surface area contributed by atoms with E-state index in [1.165, 1.54) is 0 Å². The number of carbonyl (C=O) groups is 1. The molecule has 1 amide bonds. The molecule has 2 rings (SSSR count). The highest BCUT2D eigenvalue weighted by Crippen LogP contribution is 2.30. The number of hydrazone groups is 1. The quantitative estimate of drug-likeness (QED) is 0.896. The molecule has 1 heterocycles. The third-order valence-corrected chi connectivity index (χ3v) is 3.71. The van der Waals surface area contributed by atoms with Crippen molar-refractivity contribution in [2.24, 2.45) is 22.7 Å². The van der Waals surface area contributed by atoms with Crippen molar-refractivity contribution in [3.8, 4) is 0 Å². The summed E-state index contributed by atoms with van der Waals surface area (Å²) >= 11 is 0. The van der Waals surface area contributed by atoms with Gasteiger partial charge in [-0.1, -0.05) is 32.0 Å². The summed E-state index contributed by atoms with van der Waals surface area (Å²) < 4.78 is 0. The van der Waals surface area contributed by atoms with E-state index >= 15 is 0 Å². The summed E-state index contributed by atoms with van der Waals surface area (Å²) in [6.45, 7) is 6.78. The van der Waals surface area contributed by atoms with Crippen molar-refractivity contribution in [3.05, 3.63) is 29.8 Å². The number of nitrogens with zero attached hydrogens (tertiary/aromatic N) is 2. The van der Waals surface area contributed by atoms with E-state index in [0.717, 1.165) is 29.8 Å². The van der Waals surface area contributed by atoms with Gasteiger partial charge in [0.05, 0.1) is 17.3 Å². The highest BCUT2D eigenvalue weighted by molar-refractivity contribution is 6.16. The van der Waals surface area contributed by atoms with Gasteiger partial charge in [-0.25, -0.2) is 0 Å². The molecule has 0 spiro atoms. The minimum Gasteiger partial charge on any atom is -0.330 e. The first-order valence-corrected chi connectivity index (χ1v) is 7.24. The van der Waals surface area contributed by atoms with E-state index in [0.29, 0.717) is 6.54 Å². The molecule has 1 unspecified atom stereocenters. The Balaban J connectivity index is 2.32. The van der Waals surface area contributed by atoms with Crippen LogP contribution in [0.4, 0.5) is 5.69 Å². The molecular weight excluding hydrogens is 250 g/mol. The smallest absolute Gasteiger partial charge is 0.256 e. The number of benzene rings is 1. The molecule has 1 aliphatic heterocycles. The number of para-hydroxylation sites is 1. The molecule has 1 aromatic carbocycles. The summed E-state index contributed by atoms with van der Waals surface area (Å²) in [5.41, 5.74) is 8.50. The number of nitrogens with two attached hydrogens (primary N) is 1. The summed E-state index contributed by atoms with van der Waals surface area (Å²) in [6, 6.07) is 7.85. The van der Waals surface area contributed by atoms with E-state index in [1.54, 1.807) is 5.01 Å². The molecule has 0 aromatic heterocycles. The van der Waals surface area contributed by atoms with Gasteiger partial charge >= 0.3 is 0 Å².